The summed E-state index contributed by atoms with van der Waals surface area (Å²) in [7, 11) is -3.54. The lowest BCUT2D eigenvalue weighted by Gasteiger charge is -2.27. The van der Waals surface area contributed by atoms with Crippen molar-refractivity contribution in [1.29, 1.82) is 0 Å². The summed E-state index contributed by atoms with van der Waals surface area (Å²) in [6.45, 7) is 6.54. The molecule has 1 fully saturated rings. The first-order chi connectivity index (χ1) is 11.7. The predicted molar refractivity (Wildman–Crippen MR) is 93.3 cm³/mol. The molecule has 3 heterocycles. The van der Waals surface area contributed by atoms with Gasteiger partial charge < -0.3 is 23.1 Å². The van der Waals surface area contributed by atoms with E-state index in [1.54, 1.807) is 13.8 Å². The third kappa shape index (κ3) is 3.58. The number of oxazole rings is 1. The Balaban J connectivity index is 2.05. The van der Waals surface area contributed by atoms with Crippen molar-refractivity contribution in [3.63, 3.8) is 0 Å². The molecule has 0 N–H and O–H groups in total. The molecule has 0 aliphatic carbocycles. The number of rotatable bonds is 7. The summed E-state index contributed by atoms with van der Waals surface area (Å²) < 4.78 is 35.6. The molecule has 1 aliphatic rings. The van der Waals surface area contributed by atoms with E-state index in [9.17, 15) is 4.57 Å². The number of morpholine rings is 1. The van der Waals surface area contributed by atoms with Crippen LogP contribution in [0.1, 0.15) is 13.8 Å². The van der Waals surface area contributed by atoms with Gasteiger partial charge in [-0.2, -0.15) is 4.98 Å². The van der Waals surface area contributed by atoms with Crippen molar-refractivity contribution in [1.82, 2.24) is 4.98 Å². The fourth-order valence-electron chi connectivity index (χ4n) is 2.46. The Bertz CT molecular complexity index is 687. The van der Waals surface area contributed by atoms with Crippen molar-refractivity contribution in [3.05, 3.63) is 17.5 Å². The molecule has 132 valence electrons. The molecule has 0 aromatic carbocycles. The van der Waals surface area contributed by atoms with Crippen molar-refractivity contribution in [2.75, 3.05) is 44.4 Å². The molecule has 1 saturated heterocycles. The zero-order chi connectivity index (χ0) is 17.0. The molecule has 0 atom stereocenters. The fraction of sp³-hybridized carbons (Fsp3) is 0.533. The smallest absolute Gasteiger partial charge is 0.385 e. The highest BCUT2D eigenvalue weighted by atomic mass is 32.1. The third-order valence-corrected chi connectivity index (χ3v) is 6.34. The van der Waals surface area contributed by atoms with Gasteiger partial charge in [0.15, 0.2) is 0 Å². The van der Waals surface area contributed by atoms with Crippen LogP contribution in [0, 0.1) is 0 Å². The maximum Gasteiger partial charge on any atom is 0.385 e. The van der Waals surface area contributed by atoms with Crippen LogP contribution in [0.2, 0.25) is 0 Å². The summed E-state index contributed by atoms with van der Waals surface area (Å²) >= 11 is 1.51. The second kappa shape index (κ2) is 7.80. The lowest BCUT2D eigenvalue weighted by Crippen LogP contribution is -2.38. The summed E-state index contributed by atoms with van der Waals surface area (Å²) in [6.07, 6.45) is 0. The predicted octanol–water partition coefficient (Wildman–Crippen LogP) is 3.13. The van der Waals surface area contributed by atoms with Crippen molar-refractivity contribution >= 4 is 30.3 Å². The highest BCUT2D eigenvalue weighted by Crippen LogP contribution is 2.50. The number of aromatic nitrogens is 1. The van der Waals surface area contributed by atoms with E-state index in [-0.39, 0.29) is 18.6 Å². The number of hydrogen-bond acceptors (Lipinski definition) is 8. The molecule has 7 nitrogen and oxygen atoms in total. The average molecular weight is 372 g/mol. The van der Waals surface area contributed by atoms with Gasteiger partial charge in [0.05, 0.1) is 31.3 Å². The van der Waals surface area contributed by atoms with E-state index in [0.29, 0.717) is 38.1 Å². The minimum Gasteiger partial charge on any atom is -0.419 e. The highest BCUT2D eigenvalue weighted by molar-refractivity contribution is 7.62. The van der Waals surface area contributed by atoms with Crippen LogP contribution in [0.5, 0.6) is 0 Å². The highest BCUT2D eigenvalue weighted by Gasteiger charge is 2.38. The Hall–Kier alpha value is -1.18. The molecular formula is C15H21N2O5PS. The van der Waals surface area contributed by atoms with Gasteiger partial charge in [0.1, 0.15) is 0 Å². The van der Waals surface area contributed by atoms with Gasteiger partial charge in [0.2, 0.25) is 17.2 Å². The van der Waals surface area contributed by atoms with Gasteiger partial charge in [0.25, 0.3) is 0 Å². The molecule has 0 saturated carbocycles. The zero-order valence-corrected chi connectivity index (χ0v) is 15.5. The molecule has 0 radical (unpaired) electrons. The topological polar surface area (TPSA) is 74.0 Å². The lowest BCUT2D eigenvalue weighted by atomic mass is 10.4. The van der Waals surface area contributed by atoms with E-state index in [1.807, 2.05) is 22.4 Å². The minimum absolute atomic E-state index is 0.247. The second-order valence-electron chi connectivity index (χ2n) is 5.06. The van der Waals surface area contributed by atoms with Crippen LogP contribution in [-0.2, 0) is 18.3 Å². The Morgan fingerprint density at radius 3 is 2.58 bits per heavy atom. The summed E-state index contributed by atoms with van der Waals surface area (Å²) in [5.41, 5.74) is 0.247. The molecule has 2 aromatic heterocycles. The Morgan fingerprint density at radius 2 is 2.00 bits per heavy atom. The minimum atomic E-state index is -3.54. The van der Waals surface area contributed by atoms with Crippen LogP contribution in [0.25, 0.3) is 10.8 Å². The van der Waals surface area contributed by atoms with Gasteiger partial charge in [-0.25, -0.2) is 0 Å². The van der Waals surface area contributed by atoms with Gasteiger partial charge in [0, 0.05) is 13.1 Å². The van der Waals surface area contributed by atoms with Crippen molar-refractivity contribution < 1.29 is 22.8 Å². The molecule has 0 amide bonds. The van der Waals surface area contributed by atoms with Crippen LogP contribution in [0.4, 0.5) is 5.88 Å². The largest absolute Gasteiger partial charge is 0.419 e. The fourth-order valence-corrected chi connectivity index (χ4v) is 4.74. The normalized spacial score (nSPS) is 15.8. The first-order valence-corrected chi connectivity index (χ1v) is 10.4. The average Bonchev–Trinajstić information content (AvgIpc) is 3.26. The molecule has 3 rings (SSSR count). The van der Waals surface area contributed by atoms with Crippen LogP contribution in [0.3, 0.4) is 0 Å². The van der Waals surface area contributed by atoms with Crippen LogP contribution in [-0.4, -0.2) is 44.5 Å². The van der Waals surface area contributed by atoms with E-state index in [0.717, 1.165) is 4.88 Å². The maximum atomic E-state index is 13.2. The first-order valence-electron chi connectivity index (χ1n) is 7.95. The van der Waals surface area contributed by atoms with Crippen molar-refractivity contribution in [3.8, 4) is 10.8 Å². The van der Waals surface area contributed by atoms with E-state index in [4.69, 9.17) is 18.2 Å². The second-order valence-corrected chi connectivity index (χ2v) is 7.94. The lowest BCUT2D eigenvalue weighted by molar-refractivity contribution is 0.121. The Labute approximate surface area is 145 Å². The van der Waals surface area contributed by atoms with E-state index < -0.39 is 7.60 Å². The molecule has 0 unspecified atom stereocenters. The van der Waals surface area contributed by atoms with Gasteiger partial charge >= 0.3 is 7.60 Å². The van der Waals surface area contributed by atoms with Gasteiger partial charge in [-0.3, -0.25) is 4.57 Å². The van der Waals surface area contributed by atoms with E-state index >= 15 is 0 Å². The Morgan fingerprint density at radius 1 is 1.29 bits per heavy atom. The number of thiophene rings is 1. The Kier molecular flexibility index (Phi) is 5.73. The third-order valence-electron chi connectivity index (χ3n) is 3.48. The summed E-state index contributed by atoms with van der Waals surface area (Å²) in [6, 6.07) is 3.83. The van der Waals surface area contributed by atoms with E-state index in [2.05, 4.69) is 4.98 Å². The molecule has 9 heteroatoms. The molecule has 1 aliphatic heterocycles. The monoisotopic (exact) mass is 372 g/mol. The first kappa shape index (κ1) is 17.6. The standard InChI is InChI=1S/C15H21N2O5PS/c1-3-20-23(18,21-4-2)14-15(17-7-9-19-10-8-17)22-13(16-14)12-6-5-11-24-12/h5-6,11H,3-4,7-10H2,1-2H3. The summed E-state index contributed by atoms with van der Waals surface area (Å²) in [5.74, 6) is 0.882. The maximum absolute atomic E-state index is 13.2. The van der Waals surface area contributed by atoms with Crippen molar-refractivity contribution in [2.45, 2.75) is 13.8 Å². The van der Waals surface area contributed by atoms with Gasteiger partial charge in [-0.15, -0.1) is 11.3 Å². The molecule has 2 aromatic rings. The molecule has 0 spiro atoms. The van der Waals surface area contributed by atoms with Gasteiger partial charge in [-0.1, -0.05) is 6.07 Å². The van der Waals surface area contributed by atoms with E-state index in [1.165, 1.54) is 11.3 Å². The number of anilines is 1. The number of ether oxygens (including phenoxy) is 1. The van der Waals surface area contributed by atoms with Crippen LogP contribution < -0.4 is 10.3 Å². The molecule has 0 bridgehead atoms. The van der Waals surface area contributed by atoms with Gasteiger partial charge in [-0.05, 0) is 25.3 Å². The zero-order valence-electron chi connectivity index (χ0n) is 13.8. The molecular weight excluding hydrogens is 351 g/mol. The number of hydrogen-bond donors (Lipinski definition) is 0. The SMILES string of the molecule is CCOP(=O)(OCC)c1nc(-c2cccs2)oc1N1CCOCC1. The summed E-state index contributed by atoms with van der Waals surface area (Å²) in [4.78, 5) is 7.34. The van der Waals surface area contributed by atoms with Crippen LogP contribution >= 0.6 is 18.9 Å². The number of nitrogens with zero attached hydrogens (tertiary/aromatic N) is 2. The molecule has 24 heavy (non-hydrogen) atoms. The quantitative estimate of drug-likeness (QED) is 0.691. The van der Waals surface area contributed by atoms with Crippen LogP contribution in [0.15, 0.2) is 21.9 Å². The summed E-state index contributed by atoms with van der Waals surface area (Å²) in [5, 5.41) is 1.94. The van der Waals surface area contributed by atoms with Crippen molar-refractivity contribution in [2.24, 2.45) is 0 Å².